The van der Waals surface area contributed by atoms with E-state index >= 15 is 0 Å². The molecule has 7 N–H and O–H groups in total. The van der Waals surface area contributed by atoms with Crippen LogP contribution in [0.5, 0.6) is 0 Å². The van der Waals surface area contributed by atoms with E-state index in [4.69, 9.17) is 24.4 Å². The van der Waals surface area contributed by atoms with Crippen LogP contribution < -0.4 is 26.1 Å². The van der Waals surface area contributed by atoms with Crippen molar-refractivity contribution in [2.75, 3.05) is 47.9 Å². The topological polar surface area (TPSA) is 175 Å². The first-order valence-corrected chi connectivity index (χ1v) is 10.5. The number of H-pyrrole nitrogens is 2. The van der Waals surface area contributed by atoms with Gasteiger partial charge >= 0.3 is 6.03 Å². The molecule has 14 nitrogen and oxygen atoms in total. The van der Waals surface area contributed by atoms with E-state index in [-0.39, 0.29) is 23.9 Å². The number of carbonyl (C=O) groups is 1. The van der Waals surface area contributed by atoms with Crippen LogP contribution in [0.3, 0.4) is 0 Å². The number of hydrogen-bond donors (Lipinski definition) is 7. The van der Waals surface area contributed by atoms with Crippen LogP contribution in [0, 0.1) is 9.54 Å². The van der Waals surface area contributed by atoms with Crippen LogP contribution in [0.15, 0.2) is 24.3 Å². The summed E-state index contributed by atoms with van der Waals surface area (Å²) in [6, 6.07) is 6.73. The van der Waals surface area contributed by atoms with Crippen molar-refractivity contribution in [3.05, 3.63) is 33.8 Å². The number of aromatic amines is 2. The fourth-order valence-corrected chi connectivity index (χ4v) is 3.21. The number of benzene rings is 1. The van der Waals surface area contributed by atoms with Gasteiger partial charge in [0.05, 0.1) is 5.69 Å². The molecule has 0 unspecified atom stereocenters. The molecule has 0 atom stereocenters. The summed E-state index contributed by atoms with van der Waals surface area (Å²) in [6.45, 7) is 0.796. The van der Waals surface area contributed by atoms with Crippen LogP contribution in [0.4, 0.5) is 28.3 Å². The molecule has 176 valence electrons. The van der Waals surface area contributed by atoms with E-state index in [1.54, 1.807) is 22.8 Å². The molecule has 2 aromatic heterocycles. The highest BCUT2D eigenvalue weighted by atomic mass is 32.1. The Morgan fingerprint density at radius 3 is 2.30 bits per heavy atom. The van der Waals surface area contributed by atoms with Crippen LogP contribution in [0.1, 0.15) is 6.42 Å². The highest BCUT2D eigenvalue weighted by molar-refractivity contribution is 7.72. The van der Waals surface area contributed by atoms with Gasteiger partial charge in [0.1, 0.15) is 0 Å². The molecule has 0 fully saturated rings. The molecule has 2 amide bonds. The highest BCUT2D eigenvalue weighted by Crippen LogP contribution is 2.15. The third-order valence-electron chi connectivity index (χ3n) is 4.16. The van der Waals surface area contributed by atoms with Crippen molar-refractivity contribution in [2.45, 2.75) is 6.42 Å². The van der Waals surface area contributed by atoms with Crippen molar-refractivity contribution in [3.63, 3.8) is 0 Å². The maximum Gasteiger partial charge on any atom is 0.319 e. The SMILES string of the molecule is CN(O)c1nc(NCCCNC(=O)Nc2cccc(-n3c(=S)[nH][nH]c3=S)c2)nc(N(C)O)n1. The van der Waals surface area contributed by atoms with Crippen molar-refractivity contribution in [2.24, 2.45) is 0 Å². The first-order valence-electron chi connectivity index (χ1n) is 9.64. The Labute approximate surface area is 198 Å². The molecule has 0 aliphatic rings. The fraction of sp³-hybridized carbons (Fsp3) is 0.294. The first kappa shape index (κ1) is 24.1. The Hall–Kier alpha value is -3.60. The molecule has 0 saturated carbocycles. The third kappa shape index (κ3) is 6.45. The van der Waals surface area contributed by atoms with Crippen LogP contribution >= 0.6 is 24.4 Å². The second kappa shape index (κ2) is 10.8. The molecule has 0 bridgehead atoms. The van der Waals surface area contributed by atoms with E-state index in [9.17, 15) is 15.2 Å². The molecule has 0 radical (unpaired) electrons. The number of hydroxylamine groups is 2. The lowest BCUT2D eigenvalue weighted by atomic mass is 10.3. The smallest absolute Gasteiger partial charge is 0.319 e. The number of amides is 2. The number of rotatable bonds is 9. The molecule has 1 aromatic carbocycles. The molecule has 0 spiro atoms. The monoisotopic (exact) mass is 493 g/mol. The van der Waals surface area contributed by atoms with E-state index in [2.05, 4.69) is 41.1 Å². The molecule has 33 heavy (non-hydrogen) atoms. The number of nitrogens with one attached hydrogen (secondary N) is 5. The van der Waals surface area contributed by atoms with Crippen molar-refractivity contribution in [1.82, 2.24) is 35.0 Å². The maximum atomic E-state index is 12.2. The van der Waals surface area contributed by atoms with E-state index in [1.807, 2.05) is 6.07 Å². The number of carbonyl (C=O) groups excluding carboxylic acids is 1. The summed E-state index contributed by atoms with van der Waals surface area (Å²) in [6.07, 6.45) is 0.557. The fourth-order valence-electron chi connectivity index (χ4n) is 2.66. The Morgan fingerprint density at radius 1 is 1.06 bits per heavy atom. The second-order valence-electron chi connectivity index (χ2n) is 6.71. The standard InChI is InChI=1S/C17H23N11O3S2/c1-26(30)13-21-12(22-14(23-13)27(2)31)18-7-4-8-19-15(29)20-10-5-3-6-11(9-10)28-16(32)24-25-17(28)33/h3,5-6,9,30-31H,4,7-8H2,1-2H3,(H,24,32)(H,25,33)(H2,19,20,29)(H,18,21,22,23). The van der Waals surface area contributed by atoms with Gasteiger partial charge in [0.25, 0.3) is 11.9 Å². The Balaban J connectivity index is 1.49. The predicted octanol–water partition coefficient (Wildman–Crippen LogP) is 2.05. The Kier molecular flexibility index (Phi) is 7.88. The first-order chi connectivity index (χ1) is 15.7. The van der Waals surface area contributed by atoms with Crippen molar-refractivity contribution >= 4 is 54.0 Å². The van der Waals surface area contributed by atoms with Crippen molar-refractivity contribution in [3.8, 4) is 5.69 Å². The van der Waals surface area contributed by atoms with Crippen LogP contribution in [-0.2, 0) is 0 Å². The number of aromatic nitrogens is 6. The highest BCUT2D eigenvalue weighted by Gasteiger charge is 2.11. The molecule has 2 heterocycles. The van der Waals surface area contributed by atoms with Gasteiger partial charge in [0, 0.05) is 32.9 Å². The zero-order valence-electron chi connectivity index (χ0n) is 17.7. The Morgan fingerprint density at radius 2 is 1.70 bits per heavy atom. The van der Waals surface area contributed by atoms with Gasteiger partial charge in [-0.1, -0.05) is 6.07 Å². The van der Waals surface area contributed by atoms with Crippen LogP contribution in [-0.4, -0.2) is 73.3 Å². The second-order valence-corrected chi connectivity index (χ2v) is 7.49. The summed E-state index contributed by atoms with van der Waals surface area (Å²) >= 11 is 10.4. The van der Waals surface area contributed by atoms with Crippen molar-refractivity contribution in [1.29, 1.82) is 0 Å². The van der Waals surface area contributed by atoms with E-state index < -0.39 is 0 Å². The molecule has 3 rings (SSSR count). The average Bonchev–Trinajstić information content (AvgIpc) is 3.11. The van der Waals surface area contributed by atoms with Gasteiger partial charge in [-0.2, -0.15) is 15.0 Å². The molecular formula is C17H23N11O3S2. The number of nitrogens with zero attached hydrogens (tertiary/aromatic N) is 6. The minimum absolute atomic E-state index is 0.0369. The normalized spacial score (nSPS) is 10.5. The van der Waals surface area contributed by atoms with Crippen LogP contribution in [0.25, 0.3) is 5.69 Å². The average molecular weight is 494 g/mol. The maximum absolute atomic E-state index is 12.2. The molecule has 16 heteroatoms. The largest absolute Gasteiger partial charge is 0.354 e. The van der Waals surface area contributed by atoms with Gasteiger partial charge < -0.3 is 16.0 Å². The number of hydrogen-bond acceptors (Lipinski definition) is 11. The minimum Gasteiger partial charge on any atom is -0.354 e. The molecular weight excluding hydrogens is 470 g/mol. The summed E-state index contributed by atoms with van der Waals surface area (Å²) in [5, 5.41) is 34.5. The lowest BCUT2D eigenvalue weighted by Gasteiger charge is -2.14. The molecule has 3 aromatic rings. The molecule has 0 aliphatic heterocycles. The van der Waals surface area contributed by atoms with Gasteiger partial charge in [-0.05, 0) is 49.1 Å². The zero-order chi connectivity index (χ0) is 24.0. The summed E-state index contributed by atoms with van der Waals surface area (Å²) in [5.41, 5.74) is 1.29. The summed E-state index contributed by atoms with van der Waals surface area (Å²) in [5.74, 6) is 0.0927. The number of anilines is 4. The summed E-state index contributed by atoms with van der Waals surface area (Å²) in [4.78, 5) is 24.2. The van der Waals surface area contributed by atoms with Gasteiger partial charge in [0.15, 0.2) is 9.54 Å². The van der Waals surface area contributed by atoms with E-state index in [0.29, 0.717) is 50.6 Å². The van der Waals surface area contributed by atoms with Crippen molar-refractivity contribution < 1.29 is 15.2 Å². The third-order valence-corrected chi connectivity index (χ3v) is 4.73. The summed E-state index contributed by atoms with van der Waals surface area (Å²) in [7, 11) is 2.69. The molecule has 0 saturated heterocycles. The van der Waals surface area contributed by atoms with Gasteiger partial charge in [-0.25, -0.2) is 14.9 Å². The number of urea groups is 1. The lowest BCUT2D eigenvalue weighted by molar-refractivity contribution is 0.252. The Bertz CT molecular complexity index is 1170. The minimum atomic E-state index is -0.372. The van der Waals surface area contributed by atoms with Gasteiger partial charge in [-0.15, -0.1) is 0 Å². The lowest BCUT2D eigenvalue weighted by Crippen LogP contribution is -2.30. The zero-order valence-corrected chi connectivity index (χ0v) is 19.4. The van der Waals surface area contributed by atoms with E-state index in [1.165, 1.54) is 14.1 Å². The molecule has 0 aliphatic carbocycles. The van der Waals surface area contributed by atoms with Gasteiger partial charge in [-0.3, -0.25) is 25.2 Å². The van der Waals surface area contributed by atoms with E-state index in [0.717, 1.165) is 0 Å². The van der Waals surface area contributed by atoms with Crippen LogP contribution in [0.2, 0.25) is 0 Å². The van der Waals surface area contributed by atoms with Gasteiger partial charge in [0.2, 0.25) is 5.95 Å². The summed E-state index contributed by atoms with van der Waals surface area (Å²) < 4.78 is 2.48. The predicted molar refractivity (Wildman–Crippen MR) is 126 cm³/mol. The quantitative estimate of drug-likeness (QED) is 0.132.